The zero-order valence-electron chi connectivity index (χ0n) is 17.7. The van der Waals surface area contributed by atoms with Crippen molar-refractivity contribution in [1.82, 2.24) is 9.21 Å². The molecule has 0 spiro atoms. The van der Waals surface area contributed by atoms with Gasteiger partial charge < -0.3 is 5.32 Å². The Hall–Kier alpha value is -3.14. The van der Waals surface area contributed by atoms with Crippen molar-refractivity contribution in [2.24, 2.45) is 0 Å². The predicted molar refractivity (Wildman–Crippen MR) is 121 cm³/mol. The SMILES string of the molecule is O=C(Nc1ccc(F)cc1F)c1cccc(CN2CCN(S(=O)(=O)c3ccccc3)CC2)c1. The Kier molecular flexibility index (Phi) is 6.83. The highest BCUT2D eigenvalue weighted by Crippen LogP contribution is 2.19. The first-order valence-corrected chi connectivity index (χ1v) is 11.9. The number of nitrogens with one attached hydrogen (secondary N) is 1. The van der Waals surface area contributed by atoms with Crippen molar-refractivity contribution in [3.05, 3.63) is 95.6 Å². The minimum absolute atomic E-state index is 0.0949. The van der Waals surface area contributed by atoms with Crippen molar-refractivity contribution >= 4 is 21.6 Å². The summed E-state index contributed by atoms with van der Waals surface area (Å²) in [6.45, 7) is 2.42. The fraction of sp³-hybridized carbons (Fsp3) is 0.208. The highest BCUT2D eigenvalue weighted by Gasteiger charge is 2.28. The van der Waals surface area contributed by atoms with Crippen LogP contribution in [0, 0.1) is 11.6 Å². The van der Waals surface area contributed by atoms with Crippen LogP contribution >= 0.6 is 0 Å². The van der Waals surface area contributed by atoms with Crippen LogP contribution in [-0.2, 0) is 16.6 Å². The lowest BCUT2D eigenvalue weighted by molar-refractivity contribution is 0.102. The van der Waals surface area contributed by atoms with Crippen LogP contribution in [0.1, 0.15) is 15.9 Å². The van der Waals surface area contributed by atoms with Gasteiger partial charge in [-0.15, -0.1) is 0 Å². The van der Waals surface area contributed by atoms with Crippen molar-refractivity contribution < 1.29 is 22.0 Å². The van der Waals surface area contributed by atoms with E-state index in [2.05, 4.69) is 10.2 Å². The van der Waals surface area contributed by atoms with E-state index in [1.165, 1.54) is 10.4 Å². The number of anilines is 1. The van der Waals surface area contributed by atoms with Gasteiger partial charge in [-0.2, -0.15) is 4.31 Å². The molecule has 0 aliphatic carbocycles. The van der Waals surface area contributed by atoms with Crippen molar-refractivity contribution in [1.29, 1.82) is 0 Å². The van der Waals surface area contributed by atoms with Gasteiger partial charge in [0.15, 0.2) is 0 Å². The minimum atomic E-state index is -3.51. The molecule has 0 unspecified atom stereocenters. The van der Waals surface area contributed by atoms with E-state index in [9.17, 15) is 22.0 Å². The molecule has 1 heterocycles. The number of benzene rings is 3. The van der Waals surface area contributed by atoms with E-state index >= 15 is 0 Å². The number of nitrogens with zero attached hydrogens (tertiary/aromatic N) is 2. The number of carbonyl (C=O) groups excluding carboxylic acids is 1. The van der Waals surface area contributed by atoms with E-state index < -0.39 is 27.6 Å². The monoisotopic (exact) mass is 471 g/mol. The molecule has 1 aliphatic rings. The molecule has 9 heteroatoms. The third-order valence-corrected chi connectivity index (χ3v) is 7.40. The van der Waals surface area contributed by atoms with Crippen LogP contribution in [0.4, 0.5) is 14.5 Å². The van der Waals surface area contributed by atoms with Gasteiger partial charge in [0.05, 0.1) is 10.6 Å². The first-order valence-electron chi connectivity index (χ1n) is 10.5. The fourth-order valence-corrected chi connectivity index (χ4v) is 5.17. The number of halogens is 2. The summed E-state index contributed by atoms with van der Waals surface area (Å²) in [6.07, 6.45) is 0. The summed E-state index contributed by atoms with van der Waals surface area (Å²) in [5, 5.41) is 2.45. The van der Waals surface area contributed by atoms with Crippen LogP contribution in [0.3, 0.4) is 0 Å². The summed E-state index contributed by atoms with van der Waals surface area (Å²) in [5.74, 6) is -2.06. The van der Waals surface area contributed by atoms with Gasteiger partial charge in [0, 0.05) is 44.4 Å². The Morgan fingerprint density at radius 1 is 0.879 bits per heavy atom. The van der Waals surface area contributed by atoms with Gasteiger partial charge in [-0.25, -0.2) is 17.2 Å². The van der Waals surface area contributed by atoms with Crippen molar-refractivity contribution in [3.63, 3.8) is 0 Å². The molecule has 1 fully saturated rings. The van der Waals surface area contributed by atoms with E-state index in [1.54, 1.807) is 48.5 Å². The Labute approximate surface area is 191 Å². The molecule has 0 saturated carbocycles. The Bertz CT molecular complexity index is 1240. The molecule has 33 heavy (non-hydrogen) atoms. The number of rotatable bonds is 6. The molecule has 172 valence electrons. The molecule has 1 N–H and O–H groups in total. The second kappa shape index (κ2) is 9.78. The molecule has 0 atom stereocenters. The Balaban J connectivity index is 1.37. The van der Waals surface area contributed by atoms with E-state index in [0.29, 0.717) is 44.4 Å². The van der Waals surface area contributed by atoms with Crippen LogP contribution in [0.5, 0.6) is 0 Å². The third-order valence-electron chi connectivity index (χ3n) is 5.49. The molecule has 4 rings (SSSR count). The van der Waals surface area contributed by atoms with E-state index in [4.69, 9.17) is 0 Å². The first-order chi connectivity index (χ1) is 15.8. The number of sulfonamides is 1. The largest absolute Gasteiger partial charge is 0.319 e. The summed E-state index contributed by atoms with van der Waals surface area (Å²) >= 11 is 0. The first kappa shape index (κ1) is 23.0. The number of amides is 1. The third kappa shape index (κ3) is 5.44. The maximum absolute atomic E-state index is 13.8. The van der Waals surface area contributed by atoms with Gasteiger partial charge in [-0.3, -0.25) is 9.69 Å². The molecule has 3 aromatic carbocycles. The van der Waals surface area contributed by atoms with Crippen LogP contribution in [0.25, 0.3) is 0 Å². The molecular formula is C24H23F2N3O3S. The number of piperazine rings is 1. The highest BCUT2D eigenvalue weighted by atomic mass is 32.2. The average molecular weight is 472 g/mol. The maximum atomic E-state index is 13.8. The summed E-state index contributed by atoms with van der Waals surface area (Å²) in [4.78, 5) is 14.9. The maximum Gasteiger partial charge on any atom is 0.255 e. The van der Waals surface area contributed by atoms with Gasteiger partial charge >= 0.3 is 0 Å². The lowest BCUT2D eigenvalue weighted by Crippen LogP contribution is -2.48. The summed E-state index contributed by atoms with van der Waals surface area (Å²) in [6, 6.07) is 18.3. The molecule has 0 aromatic heterocycles. The van der Waals surface area contributed by atoms with Gasteiger partial charge in [0.2, 0.25) is 10.0 Å². The topological polar surface area (TPSA) is 69.7 Å². The van der Waals surface area contributed by atoms with E-state index in [-0.39, 0.29) is 10.6 Å². The highest BCUT2D eigenvalue weighted by molar-refractivity contribution is 7.89. The number of carbonyl (C=O) groups is 1. The molecule has 6 nitrogen and oxygen atoms in total. The Morgan fingerprint density at radius 2 is 1.61 bits per heavy atom. The smallest absolute Gasteiger partial charge is 0.255 e. The van der Waals surface area contributed by atoms with Crippen molar-refractivity contribution in [2.45, 2.75) is 11.4 Å². The summed E-state index contributed by atoms with van der Waals surface area (Å²) in [7, 11) is -3.51. The van der Waals surface area contributed by atoms with Crippen LogP contribution < -0.4 is 5.32 Å². The normalized spacial score (nSPS) is 15.3. The van der Waals surface area contributed by atoms with Crippen molar-refractivity contribution in [3.8, 4) is 0 Å². The second-order valence-electron chi connectivity index (χ2n) is 7.77. The van der Waals surface area contributed by atoms with Gasteiger partial charge in [-0.05, 0) is 42.0 Å². The molecule has 1 saturated heterocycles. The average Bonchev–Trinajstić information content (AvgIpc) is 2.82. The fourth-order valence-electron chi connectivity index (χ4n) is 3.72. The van der Waals surface area contributed by atoms with Crippen LogP contribution in [0.15, 0.2) is 77.7 Å². The number of hydrogen-bond donors (Lipinski definition) is 1. The Morgan fingerprint density at radius 3 is 2.30 bits per heavy atom. The molecule has 1 amide bonds. The van der Waals surface area contributed by atoms with Gasteiger partial charge in [0.1, 0.15) is 11.6 Å². The molecule has 1 aliphatic heterocycles. The molecular weight excluding hydrogens is 448 g/mol. The molecule has 0 radical (unpaired) electrons. The minimum Gasteiger partial charge on any atom is -0.319 e. The zero-order chi connectivity index (χ0) is 23.4. The van der Waals surface area contributed by atoms with Gasteiger partial charge in [-0.1, -0.05) is 30.3 Å². The van der Waals surface area contributed by atoms with Crippen molar-refractivity contribution in [2.75, 3.05) is 31.5 Å². The summed E-state index contributed by atoms with van der Waals surface area (Å²) in [5.41, 5.74) is 1.13. The standard InChI is InChI=1S/C24H23F2N3O3S/c25-20-9-10-23(22(26)16-20)27-24(30)19-6-4-5-18(15-19)17-28-11-13-29(14-12-28)33(31,32)21-7-2-1-3-8-21/h1-10,15-16H,11-14,17H2,(H,27,30). The zero-order valence-corrected chi connectivity index (χ0v) is 18.6. The second-order valence-corrected chi connectivity index (χ2v) is 9.71. The quantitative estimate of drug-likeness (QED) is 0.595. The van der Waals surface area contributed by atoms with Crippen LogP contribution in [0.2, 0.25) is 0 Å². The predicted octanol–water partition coefficient (Wildman–Crippen LogP) is 3.72. The lowest BCUT2D eigenvalue weighted by atomic mass is 10.1. The van der Waals surface area contributed by atoms with Gasteiger partial charge in [0.25, 0.3) is 5.91 Å². The molecule has 0 bridgehead atoms. The summed E-state index contributed by atoms with van der Waals surface area (Å²) < 4.78 is 53.9. The number of hydrogen-bond acceptors (Lipinski definition) is 4. The van der Waals surface area contributed by atoms with E-state index in [1.807, 2.05) is 6.07 Å². The lowest BCUT2D eigenvalue weighted by Gasteiger charge is -2.34. The van der Waals surface area contributed by atoms with E-state index in [0.717, 1.165) is 11.6 Å². The van der Waals surface area contributed by atoms with Crippen LogP contribution in [-0.4, -0.2) is 49.7 Å². The molecule has 3 aromatic rings.